The second-order valence-corrected chi connectivity index (χ2v) is 7.39. The predicted molar refractivity (Wildman–Crippen MR) is 123 cm³/mol. The summed E-state index contributed by atoms with van der Waals surface area (Å²) in [4.78, 5) is 28.9. The lowest BCUT2D eigenvalue weighted by molar-refractivity contribution is -0.624. The molecule has 0 radical (unpaired) electrons. The molecule has 182 valence electrons. The Morgan fingerprint density at radius 1 is 1.24 bits per heavy atom. The summed E-state index contributed by atoms with van der Waals surface area (Å²) >= 11 is 5.99. The molecule has 2 aromatic heterocycles. The molecule has 3 aromatic rings. The van der Waals surface area contributed by atoms with Crippen LogP contribution in [0.15, 0.2) is 65.7 Å². The first kappa shape index (κ1) is 27.0. The van der Waals surface area contributed by atoms with Crippen LogP contribution in [0, 0.1) is 5.21 Å². The van der Waals surface area contributed by atoms with E-state index in [-0.39, 0.29) is 28.9 Å². The molecule has 0 bridgehead atoms. The Hall–Kier alpha value is -3.28. The lowest BCUT2D eigenvalue weighted by Gasteiger charge is -2.18. The van der Waals surface area contributed by atoms with E-state index in [1.807, 2.05) is 0 Å². The van der Waals surface area contributed by atoms with Crippen molar-refractivity contribution in [3.8, 4) is 0 Å². The molecule has 3 N–H and O–H groups in total. The molecule has 13 heteroatoms. The highest BCUT2D eigenvalue weighted by molar-refractivity contribution is 6.29. The summed E-state index contributed by atoms with van der Waals surface area (Å²) in [5.41, 5.74) is -1.05. The van der Waals surface area contributed by atoms with Gasteiger partial charge in [-0.25, -0.2) is 4.98 Å². The van der Waals surface area contributed by atoms with Crippen molar-refractivity contribution in [2.24, 2.45) is 0 Å². The number of halogens is 4. The van der Waals surface area contributed by atoms with Crippen LogP contribution in [0.5, 0.6) is 0 Å². The van der Waals surface area contributed by atoms with Crippen LogP contribution in [-0.4, -0.2) is 33.7 Å². The van der Waals surface area contributed by atoms with Crippen LogP contribution in [0.1, 0.15) is 17.3 Å². The van der Waals surface area contributed by atoms with Crippen LogP contribution in [0.25, 0.3) is 0 Å². The fraction of sp³-hybridized carbons (Fsp3) is 0.238. The fourth-order valence-electron chi connectivity index (χ4n) is 3.04. The first-order chi connectivity index (χ1) is 15.7. The molecule has 3 rings (SSSR count). The number of aliphatic hydroxyl groups is 1. The summed E-state index contributed by atoms with van der Waals surface area (Å²) in [5, 5.41) is 25.8. The number of alkyl halides is 2. The third kappa shape index (κ3) is 6.40. The number of amides is 1. The van der Waals surface area contributed by atoms with E-state index in [4.69, 9.17) is 11.6 Å². The Balaban J connectivity index is 0.00000408. The molecule has 1 atom stereocenters. The van der Waals surface area contributed by atoms with Gasteiger partial charge in [0, 0.05) is 12.1 Å². The molecule has 0 fully saturated rings. The van der Waals surface area contributed by atoms with Crippen LogP contribution in [0.3, 0.4) is 0 Å². The van der Waals surface area contributed by atoms with Crippen molar-refractivity contribution < 1.29 is 23.4 Å². The number of hydrogen-bond acceptors (Lipinski definition) is 6. The van der Waals surface area contributed by atoms with Gasteiger partial charge in [0.1, 0.15) is 11.7 Å². The maximum atomic E-state index is 14.4. The molecule has 0 saturated carbocycles. The highest BCUT2D eigenvalue weighted by Crippen LogP contribution is 2.25. The van der Waals surface area contributed by atoms with Crippen LogP contribution in [0.2, 0.25) is 5.15 Å². The number of nitrogens with one attached hydrogen (secondary N) is 2. The van der Waals surface area contributed by atoms with Gasteiger partial charge in [0.15, 0.2) is 12.0 Å². The summed E-state index contributed by atoms with van der Waals surface area (Å²) in [6, 6.07) is 11.6. The molecule has 1 aromatic carbocycles. The Labute approximate surface area is 204 Å². The van der Waals surface area contributed by atoms with E-state index in [0.717, 1.165) is 23.0 Å². The maximum absolute atomic E-state index is 14.4. The van der Waals surface area contributed by atoms with Crippen molar-refractivity contribution in [1.29, 1.82) is 0 Å². The number of benzene rings is 1. The van der Waals surface area contributed by atoms with Gasteiger partial charge in [0.05, 0.1) is 25.4 Å². The molecule has 0 unspecified atom stereocenters. The van der Waals surface area contributed by atoms with Crippen LogP contribution < -0.4 is 20.9 Å². The summed E-state index contributed by atoms with van der Waals surface area (Å²) < 4.78 is 29.7. The number of anilines is 1. The number of hydrogen-bond donors (Lipinski definition) is 3. The van der Waals surface area contributed by atoms with Crippen molar-refractivity contribution >= 4 is 35.7 Å². The van der Waals surface area contributed by atoms with Crippen LogP contribution >= 0.6 is 24.0 Å². The number of aliphatic hydroxyl groups excluding tert-OH is 1. The number of carbonyl (C=O) groups excluding carboxylic acids is 1. The quantitative estimate of drug-likeness (QED) is 0.296. The van der Waals surface area contributed by atoms with Gasteiger partial charge >= 0.3 is 5.92 Å². The molecule has 2 heterocycles. The summed E-state index contributed by atoms with van der Waals surface area (Å²) in [6.45, 7) is -2.00. The lowest BCUT2D eigenvalue weighted by atomic mass is 10.1. The number of aromatic nitrogens is 3. The lowest BCUT2D eigenvalue weighted by Crippen LogP contribution is -2.41. The predicted octanol–water partition coefficient (Wildman–Crippen LogP) is 2.01. The monoisotopic (exact) mass is 515 g/mol. The van der Waals surface area contributed by atoms with Crippen molar-refractivity contribution in [2.75, 3.05) is 18.5 Å². The van der Waals surface area contributed by atoms with E-state index < -0.39 is 48.0 Å². The van der Waals surface area contributed by atoms with E-state index in [2.05, 4.69) is 15.6 Å². The number of carbonyl (C=O) groups is 1. The van der Waals surface area contributed by atoms with Gasteiger partial charge in [-0.05, 0) is 11.6 Å². The van der Waals surface area contributed by atoms with Gasteiger partial charge in [-0.3, -0.25) is 14.2 Å². The summed E-state index contributed by atoms with van der Waals surface area (Å²) in [6.07, 6.45) is 1.97. The molecule has 0 aliphatic rings. The summed E-state index contributed by atoms with van der Waals surface area (Å²) in [5.74, 6) is -4.72. The molecule has 9 nitrogen and oxygen atoms in total. The minimum Gasteiger partial charge on any atom is -0.618 e. The average molecular weight is 516 g/mol. The van der Waals surface area contributed by atoms with Crippen molar-refractivity contribution in [1.82, 2.24) is 14.9 Å². The molecule has 0 spiro atoms. The third-order valence-electron chi connectivity index (χ3n) is 4.70. The minimum absolute atomic E-state index is 0. The Morgan fingerprint density at radius 2 is 1.91 bits per heavy atom. The zero-order chi connectivity index (χ0) is 24.0. The number of nitrogens with zero attached hydrogens (tertiary/aromatic N) is 3. The Morgan fingerprint density at radius 3 is 2.56 bits per heavy atom. The molecule has 1 amide bonds. The van der Waals surface area contributed by atoms with Crippen molar-refractivity contribution in [3.05, 3.63) is 92.9 Å². The zero-order valence-corrected chi connectivity index (χ0v) is 19.1. The maximum Gasteiger partial charge on any atom is 0.347 e. The summed E-state index contributed by atoms with van der Waals surface area (Å²) in [7, 11) is 0. The first-order valence-corrected chi connectivity index (χ1v) is 10.1. The number of rotatable bonds is 9. The third-order valence-corrected chi connectivity index (χ3v) is 5.01. The van der Waals surface area contributed by atoms with Gasteiger partial charge in [0.2, 0.25) is 5.91 Å². The van der Waals surface area contributed by atoms with E-state index >= 15 is 0 Å². The van der Waals surface area contributed by atoms with E-state index in [9.17, 15) is 28.7 Å². The van der Waals surface area contributed by atoms with Gasteiger partial charge in [0.25, 0.3) is 11.3 Å². The van der Waals surface area contributed by atoms with Crippen LogP contribution in [-0.2, 0) is 17.3 Å². The SMILES string of the molecule is Cl.O=C(Cn1c(Cl)cnc(NCC(F)(F)c2cccc[n+]2[O-])c1=O)N[C@H](CO)c1ccccc1. The molecule has 0 aliphatic carbocycles. The average Bonchev–Trinajstić information content (AvgIpc) is 2.80. The Kier molecular flexibility index (Phi) is 9.30. The van der Waals surface area contributed by atoms with Gasteiger partial charge in [-0.1, -0.05) is 41.9 Å². The van der Waals surface area contributed by atoms with Gasteiger partial charge < -0.3 is 20.9 Å². The van der Waals surface area contributed by atoms with Crippen molar-refractivity contribution in [2.45, 2.75) is 18.5 Å². The number of pyridine rings is 1. The van der Waals surface area contributed by atoms with E-state index in [1.165, 1.54) is 12.1 Å². The minimum atomic E-state index is -3.61. The molecule has 0 aliphatic heterocycles. The van der Waals surface area contributed by atoms with Crippen LogP contribution in [0.4, 0.5) is 14.6 Å². The Bertz CT molecular complexity index is 1180. The fourth-order valence-corrected chi connectivity index (χ4v) is 3.22. The highest BCUT2D eigenvalue weighted by Gasteiger charge is 2.39. The van der Waals surface area contributed by atoms with Gasteiger partial charge in [-0.2, -0.15) is 13.5 Å². The highest BCUT2D eigenvalue weighted by atomic mass is 35.5. The van der Waals surface area contributed by atoms with E-state index in [1.54, 1.807) is 30.3 Å². The standard InChI is InChI=1S/C21H20ClF2N5O4.ClH/c22-17-10-25-19(26-13-21(23,24)16-8-4-5-9-29(16)33)20(32)28(17)11-18(31)27-15(12-30)14-6-2-1-3-7-14;/h1-10,15,30H,11-13H2,(H,25,26)(H,27,31);1H/t15-;/m1./s1. The molecular weight excluding hydrogens is 495 g/mol. The molecule has 0 saturated heterocycles. The normalized spacial score (nSPS) is 11.9. The smallest absolute Gasteiger partial charge is 0.347 e. The first-order valence-electron chi connectivity index (χ1n) is 9.74. The van der Waals surface area contributed by atoms with Gasteiger partial charge in [-0.15, -0.1) is 12.4 Å². The van der Waals surface area contributed by atoms with E-state index in [0.29, 0.717) is 5.56 Å². The second kappa shape index (κ2) is 11.7. The second-order valence-electron chi connectivity index (χ2n) is 7.00. The topological polar surface area (TPSA) is 123 Å². The molecular formula is C21H21Cl2F2N5O4. The van der Waals surface area contributed by atoms with Crippen molar-refractivity contribution in [3.63, 3.8) is 0 Å². The molecule has 34 heavy (non-hydrogen) atoms. The zero-order valence-electron chi connectivity index (χ0n) is 17.5. The largest absolute Gasteiger partial charge is 0.618 e.